The second-order valence-electron chi connectivity index (χ2n) is 0.447. The van der Waals surface area contributed by atoms with Crippen LogP contribution in [-0.2, 0) is 0 Å². The average Bonchev–Trinajstić information content (AvgIpc) is 1.37. The molecular formula is C2H7AlClO2. The lowest BCUT2D eigenvalue weighted by Gasteiger charge is -1.70. The lowest BCUT2D eigenvalue weighted by atomic mass is 10.8. The summed E-state index contributed by atoms with van der Waals surface area (Å²) >= 11 is 0. The summed E-state index contributed by atoms with van der Waals surface area (Å²) < 4.78 is 0. The van der Waals surface area contributed by atoms with Crippen LogP contribution in [0.15, 0.2) is 0 Å². The van der Waals surface area contributed by atoms with Crippen LogP contribution in [0.1, 0.15) is 0 Å². The number of hydrogen-bond acceptors (Lipinski definition) is 2. The van der Waals surface area contributed by atoms with E-state index >= 15 is 0 Å². The van der Waals surface area contributed by atoms with Gasteiger partial charge in [0.1, 0.15) is 0 Å². The van der Waals surface area contributed by atoms with Crippen molar-refractivity contribution in [2.75, 3.05) is 13.2 Å². The van der Waals surface area contributed by atoms with Gasteiger partial charge in [-0.1, -0.05) is 0 Å². The monoisotopic (exact) mass is 125 g/mol. The molecule has 2 nitrogen and oxygen atoms in total. The zero-order valence-electron chi connectivity index (χ0n) is 3.29. The Morgan fingerprint density at radius 3 is 1.17 bits per heavy atom. The summed E-state index contributed by atoms with van der Waals surface area (Å²) in [7, 11) is 0. The largest absolute Gasteiger partial charge is 0.394 e. The highest BCUT2D eigenvalue weighted by atomic mass is 35.5. The van der Waals surface area contributed by atoms with E-state index in [1.54, 1.807) is 0 Å². The molecule has 0 atom stereocenters. The molecule has 0 bridgehead atoms. The van der Waals surface area contributed by atoms with Gasteiger partial charge in [0.25, 0.3) is 0 Å². The Morgan fingerprint density at radius 2 is 1.17 bits per heavy atom. The van der Waals surface area contributed by atoms with Crippen molar-refractivity contribution in [2.45, 2.75) is 0 Å². The number of aliphatic hydroxyl groups is 2. The minimum atomic E-state index is -0.125. The zero-order valence-corrected chi connectivity index (χ0v) is 5.27. The molecule has 0 aromatic heterocycles. The van der Waals surface area contributed by atoms with E-state index in [0.29, 0.717) is 0 Å². The van der Waals surface area contributed by atoms with Crippen LogP contribution in [0.4, 0.5) is 0 Å². The molecule has 3 radical (unpaired) electrons. The SMILES string of the molecule is Cl.OCCO.[Al]. The zero-order chi connectivity index (χ0) is 3.41. The summed E-state index contributed by atoms with van der Waals surface area (Å²) in [6.07, 6.45) is 0. The van der Waals surface area contributed by atoms with Crippen LogP contribution in [-0.4, -0.2) is 40.8 Å². The third-order valence-electron chi connectivity index (χ3n) is 0.1000. The number of halogens is 1. The minimum absolute atomic E-state index is 0. The van der Waals surface area contributed by atoms with Crippen LogP contribution >= 0.6 is 12.4 Å². The predicted molar refractivity (Wildman–Crippen MR) is 27.2 cm³/mol. The first-order chi connectivity index (χ1) is 1.91. The van der Waals surface area contributed by atoms with Crippen molar-refractivity contribution >= 4 is 29.8 Å². The Morgan fingerprint density at radius 1 is 1.00 bits per heavy atom. The maximum Gasteiger partial charge on any atom is 0.0662 e. The predicted octanol–water partition coefficient (Wildman–Crippen LogP) is -0.988. The Kier molecular flexibility index (Phi) is 45.4. The van der Waals surface area contributed by atoms with Crippen molar-refractivity contribution in [3.8, 4) is 0 Å². The molecule has 0 aliphatic rings. The van der Waals surface area contributed by atoms with Crippen LogP contribution < -0.4 is 0 Å². The molecule has 0 spiro atoms. The normalized spacial score (nSPS) is 5.00. The Labute approximate surface area is 53.7 Å². The van der Waals surface area contributed by atoms with Crippen LogP contribution in [0, 0.1) is 0 Å². The molecule has 0 unspecified atom stereocenters. The molecule has 0 aliphatic heterocycles. The van der Waals surface area contributed by atoms with Gasteiger partial charge in [0.15, 0.2) is 0 Å². The van der Waals surface area contributed by atoms with Gasteiger partial charge in [-0.3, -0.25) is 0 Å². The molecule has 0 aromatic carbocycles. The molecule has 0 aromatic rings. The number of hydrogen-bond donors (Lipinski definition) is 2. The Hall–Kier alpha value is 0.742. The van der Waals surface area contributed by atoms with Crippen molar-refractivity contribution in [3.05, 3.63) is 0 Å². The summed E-state index contributed by atoms with van der Waals surface area (Å²) in [5.74, 6) is 0. The van der Waals surface area contributed by atoms with Crippen molar-refractivity contribution < 1.29 is 10.2 Å². The smallest absolute Gasteiger partial charge is 0.0662 e. The highest BCUT2D eigenvalue weighted by Gasteiger charge is 1.58. The number of aliphatic hydroxyl groups excluding tert-OH is 2. The lowest BCUT2D eigenvalue weighted by Crippen LogP contribution is -1.85. The summed E-state index contributed by atoms with van der Waals surface area (Å²) in [6, 6.07) is 0. The van der Waals surface area contributed by atoms with Crippen molar-refractivity contribution in [1.82, 2.24) is 0 Å². The molecule has 0 heterocycles. The van der Waals surface area contributed by atoms with E-state index in [0.717, 1.165) is 0 Å². The second kappa shape index (κ2) is 17.2. The van der Waals surface area contributed by atoms with Gasteiger partial charge in [-0.2, -0.15) is 0 Å². The van der Waals surface area contributed by atoms with Gasteiger partial charge in [0.2, 0.25) is 0 Å². The fourth-order valence-corrected chi connectivity index (χ4v) is 0. The van der Waals surface area contributed by atoms with Gasteiger partial charge >= 0.3 is 0 Å². The van der Waals surface area contributed by atoms with E-state index in [-0.39, 0.29) is 43.0 Å². The Balaban J connectivity index is -0.0000000450. The third-order valence-corrected chi connectivity index (χ3v) is 0.1000. The van der Waals surface area contributed by atoms with Crippen LogP contribution in [0.3, 0.4) is 0 Å². The van der Waals surface area contributed by atoms with Gasteiger partial charge in [0.05, 0.1) is 13.2 Å². The fourth-order valence-electron chi connectivity index (χ4n) is 0. The van der Waals surface area contributed by atoms with Crippen LogP contribution in [0.25, 0.3) is 0 Å². The standard InChI is InChI=1S/C2H6O2.Al.ClH/c3-1-2-4;;/h3-4H,1-2H2;;1H. The van der Waals surface area contributed by atoms with Gasteiger partial charge in [-0.25, -0.2) is 0 Å². The van der Waals surface area contributed by atoms with E-state index in [4.69, 9.17) is 10.2 Å². The van der Waals surface area contributed by atoms with Gasteiger partial charge < -0.3 is 10.2 Å². The molecule has 0 saturated carbocycles. The van der Waals surface area contributed by atoms with Crippen LogP contribution in [0.5, 0.6) is 0 Å². The molecular weight excluding hydrogens is 118 g/mol. The maximum atomic E-state index is 7.62. The first kappa shape index (κ1) is 15.9. The maximum absolute atomic E-state index is 7.62. The molecule has 0 fully saturated rings. The van der Waals surface area contributed by atoms with E-state index in [1.807, 2.05) is 0 Å². The van der Waals surface area contributed by atoms with Gasteiger partial charge in [0, 0.05) is 17.4 Å². The molecule has 6 heavy (non-hydrogen) atoms. The fraction of sp³-hybridized carbons (Fsp3) is 1.00. The quantitative estimate of drug-likeness (QED) is 0.442. The summed E-state index contributed by atoms with van der Waals surface area (Å²) in [6.45, 7) is -0.250. The summed E-state index contributed by atoms with van der Waals surface area (Å²) in [5.41, 5.74) is 0. The van der Waals surface area contributed by atoms with Crippen molar-refractivity contribution in [2.24, 2.45) is 0 Å². The highest BCUT2D eigenvalue weighted by Crippen LogP contribution is 1.39. The molecule has 0 amide bonds. The molecule has 0 rings (SSSR count). The van der Waals surface area contributed by atoms with Crippen LogP contribution in [0.2, 0.25) is 0 Å². The van der Waals surface area contributed by atoms with Gasteiger partial charge in [-0.05, 0) is 0 Å². The van der Waals surface area contributed by atoms with E-state index in [9.17, 15) is 0 Å². The van der Waals surface area contributed by atoms with Crippen molar-refractivity contribution in [3.63, 3.8) is 0 Å². The molecule has 37 valence electrons. The average molecular weight is 126 g/mol. The van der Waals surface area contributed by atoms with E-state index in [2.05, 4.69) is 0 Å². The first-order valence-corrected chi connectivity index (χ1v) is 1.13. The molecule has 2 N–H and O–H groups in total. The van der Waals surface area contributed by atoms with Crippen molar-refractivity contribution in [1.29, 1.82) is 0 Å². The molecule has 4 heteroatoms. The lowest BCUT2D eigenvalue weighted by molar-refractivity contribution is 0.186. The minimum Gasteiger partial charge on any atom is -0.394 e. The topological polar surface area (TPSA) is 40.5 Å². The Bertz CT molecular complexity index is 13.5. The molecule has 0 saturated heterocycles. The number of rotatable bonds is 1. The first-order valence-electron chi connectivity index (χ1n) is 1.13. The highest BCUT2D eigenvalue weighted by molar-refractivity contribution is 5.85. The molecule has 0 aliphatic carbocycles. The third kappa shape index (κ3) is 21.9. The van der Waals surface area contributed by atoms with Gasteiger partial charge in [-0.15, -0.1) is 12.4 Å². The second-order valence-corrected chi connectivity index (χ2v) is 0.447. The summed E-state index contributed by atoms with van der Waals surface area (Å²) in [4.78, 5) is 0. The van der Waals surface area contributed by atoms with E-state index in [1.165, 1.54) is 0 Å². The summed E-state index contributed by atoms with van der Waals surface area (Å²) in [5, 5.41) is 15.2. The van der Waals surface area contributed by atoms with E-state index < -0.39 is 0 Å².